The fourth-order valence-corrected chi connectivity index (χ4v) is 3.22. The summed E-state index contributed by atoms with van der Waals surface area (Å²) in [7, 11) is 0. The van der Waals surface area contributed by atoms with Gasteiger partial charge in [0, 0.05) is 15.0 Å². The Hall–Kier alpha value is -2.70. The minimum Gasteiger partial charge on any atom is -0.452 e. The quantitative estimate of drug-likeness (QED) is 0.250. The van der Waals surface area contributed by atoms with Crippen LogP contribution in [0.1, 0.15) is 26.3 Å². The Morgan fingerprint density at radius 2 is 1.54 bits per heavy atom. The van der Waals surface area contributed by atoms with Crippen LogP contribution >= 0.6 is 31.9 Å². The van der Waals surface area contributed by atoms with Gasteiger partial charge in [-0.2, -0.15) is 0 Å². The summed E-state index contributed by atoms with van der Waals surface area (Å²) in [4.78, 5) is 24.8. The summed E-state index contributed by atoms with van der Waals surface area (Å²) in [6.45, 7) is 0. The van der Waals surface area contributed by atoms with Gasteiger partial charge in [-0.15, -0.1) is 0 Å². The van der Waals surface area contributed by atoms with E-state index in [-0.39, 0.29) is 11.5 Å². The van der Waals surface area contributed by atoms with E-state index in [0.29, 0.717) is 22.6 Å². The van der Waals surface area contributed by atoms with Crippen molar-refractivity contribution in [2.24, 2.45) is 0 Å². The second-order valence-corrected chi connectivity index (χ2v) is 7.88. The minimum absolute atomic E-state index is 0.205. The molecule has 0 bridgehead atoms. The molecule has 28 heavy (non-hydrogen) atoms. The van der Waals surface area contributed by atoms with Crippen LogP contribution in [-0.4, -0.2) is 11.8 Å². The Morgan fingerprint density at radius 3 is 2.21 bits per heavy atom. The maximum Gasteiger partial charge on any atom is 0.343 e. The molecule has 6 heteroatoms. The van der Waals surface area contributed by atoms with E-state index in [4.69, 9.17) is 9.47 Å². The lowest BCUT2D eigenvalue weighted by atomic mass is 10.1. The normalized spacial score (nSPS) is 13.9. The SMILES string of the molecule is O=C(Oc1ccc2c(c1)O/C(=C\c1ccc(Br)cc1)C2=O)c1ccc(Br)cc1. The highest BCUT2D eigenvalue weighted by molar-refractivity contribution is 9.10. The van der Waals surface area contributed by atoms with E-state index in [1.54, 1.807) is 48.5 Å². The summed E-state index contributed by atoms with van der Waals surface area (Å²) in [6, 6.07) is 19.1. The van der Waals surface area contributed by atoms with Crippen molar-refractivity contribution in [3.63, 3.8) is 0 Å². The van der Waals surface area contributed by atoms with Gasteiger partial charge in [-0.25, -0.2) is 4.79 Å². The maximum absolute atomic E-state index is 12.5. The van der Waals surface area contributed by atoms with Crippen molar-refractivity contribution < 1.29 is 19.1 Å². The summed E-state index contributed by atoms with van der Waals surface area (Å²) in [5.41, 5.74) is 1.71. The van der Waals surface area contributed by atoms with Crippen LogP contribution in [0.3, 0.4) is 0 Å². The summed E-state index contributed by atoms with van der Waals surface area (Å²) in [6.07, 6.45) is 1.68. The van der Waals surface area contributed by atoms with Crippen molar-refractivity contribution in [3.8, 4) is 11.5 Å². The van der Waals surface area contributed by atoms with E-state index in [2.05, 4.69) is 31.9 Å². The first-order chi connectivity index (χ1) is 13.5. The molecule has 4 rings (SSSR count). The molecule has 0 unspecified atom stereocenters. The highest BCUT2D eigenvalue weighted by Gasteiger charge is 2.28. The van der Waals surface area contributed by atoms with Gasteiger partial charge in [-0.05, 0) is 60.2 Å². The molecule has 1 aliphatic heterocycles. The number of hydrogen-bond donors (Lipinski definition) is 0. The summed E-state index contributed by atoms with van der Waals surface area (Å²) in [5.74, 6) is 0.221. The van der Waals surface area contributed by atoms with Crippen molar-refractivity contribution in [1.29, 1.82) is 0 Å². The fraction of sp³-hybridized carbons (Fsp3) is 0. The predicted molar refractivity (Wildman–Crippen MR) is 113 cm³/mol. The molecule has 3 aromatic carbocycles. The van der Waals surface area contributed by atoms with Gasteiger partial charge in [0.1, 0.15) is 11.5 Å². The van der Waals surface area contributed by atoms with Crippen LogP contribution in [0.2, 0.25) is 0 Å². The van der Waals surface area contributed by atoms with Crippen molar-refractivity contribution in [2.45, 2.75) is 0 Å². The van der Waals surface area contributed by atoms with Gasteiger partial charge in [0.25, 0.3) is 0 Å². The first-order valence-electron chi connectivity index (χ1n) is 8.31. The summed E-state index contributed by atoms with van der Waals surface area (Å²) < 4.78 is 12.9. The average Bonchev–Trinajstić information content (AvgIpc) is 2.99. The first kappa shape index (κ1) is 18.7. The maximum atomic E-state index is 12.5. The number of carbonyl (C=O) groups excluding carboxylic acids is 2. The minimum atomic E-state index is -0.484. The Labute approximate surface area is 178 Å². The Morgan fingerprint density at radius 1 is 0.893 bits per heavy atom. The molecule has 0 aliphatic carbocycles. The second-order valence-electron chi connectivity index (χ2n) is 6.05. The van der Waals surface area contributed by atoms with Gasteiger partial charge in [-0.3, -0.25) is 4.79 Å². The van der Waals surface area contributed by atoms with Gasteiger partial charge in [0.05, 0.1) is 11.1 Å². The van der Waals surface area contributed by atoms with Gasteiger partial charge >= 0.3 is 5.97 Å². The molecular weight excluding hydrogens is 488 g/mol. The van der Waals surface area contributed by atoms with Crippen molar-refractivity contribution in [3.05, 3.63) is 98.1 Å². The Bertz CT molecular complexity index is 1100. The van der Waals surface area contributed by atoms with Crippen LogP contribution in [0.5, 0.6) is 11.5 Å². The number of rotatable bonds is 3. The number of fused-ring (bicyclic) bond motifs is 1. The Balaban J connectivity index is 1.54. The van der Waals surface area contributed by atoms with Crippen molar-refractivity contribution in [1.82, 2.24) is 0 Å². The Kier molecular flexibility index (Phi) is 5.15. The molecule has 1 aliphatic rings. The third-order valence-corrected chi connectivity index (χ3v) is 5.16. The zero-order valence-corrected chi connectivity index (χ0v) is 17.5. The van der Waals surface area contributed by atoms with Crippen LogP contribution in [0.4, 0.5) is 0 Å². The molecule has 0 amide bonds. The van der Waals surface area contributed by atoms with Crippen LogP contribution in [-0.2, 0) is 0 Å². The zero-order chi connectivity index (χ0) is 19.7. The van der Waals surface area contributed by atoms with E-state index in [0.717, 1.165) is 14.5 Å². The van der Waals surface area contributed by atoms with E-state index in [9.17, 15) is 9.59 Å². The molecule has 3 aromatic rings. The van der Waals surface area contributed by atoms with Gasteiger partial charge in [-0.1, -0.05) is 44.0 Å². The number of ketones is 1. The van der Waals surface area contributed by atoms with Crippen LogP contribution in [0, 0.1) is 0 Å². The predicted octanol–water partition coefficient (Wildman–Crippen LogP) is 6.05. The lowest BCUT2D eigenvalue weighted by Gasteiger charge is -2.06. The highest BCUT2D eigenvalue weighted by Crippen LogP contribution is 2.35. The standard InChI is InChI=1S/C22H12Br2O4/c23-15-5-1-13(2-6-15)11-20-21(25)18-10-9-17(12-19(18)28-20)27-22(26)14-3-7-16(24)8-4-14/h1-12H/b20-11-. The van der Waals surface area contributed by atoms with Crippen LogP contribution in [0.25, 0.3) is 6.08 Å². The number of esters is 1. The van der Waals surface area contributed by atoms with Crippen LogP contribution in [0.15, 0.2) is 81.4 Å². The third kappa shape index (κ3) is 3.93. The van der Waals surface area contributed by atoms with Crippen molar-refractivity contribution >= 4 is 49.7 Å². The van der Waals surface area contributed by atoms with Crippen molar-refractivity contribution in [2.75, 3.05) is 0 Å². The number of Topliss-reactive ketones (excluding diaryl/α,β-unsaturated/α-hetero) is 1. The van der Waals surface area contributed by atoms with E-state index in [1.807, 2.05) is 24.3 Å². The monoisotopic (exact) mass is 498 g/mol. The van der Waals surface area contributed by atoms with E-state index >= 15 is 0 Å². The number of allylic oxidation sites excluding steroid dienone is 1. The number of carbonyl (C=O) groups is 2. The first-order valence-corrected chi connectivity index (χ1v) is 9.90. The molecule has 0 atom stereocenters. The lowest BCUT2D eigenvalue weighted by Crippen LogP contribution is -2.08. The second kappa shape index (κ2) is 7.73. The van der Waals surface area contributed by atoms with E-state index < -0.39 is 5.97 Å². The molecule has 4 nitrogen and oxygen atoms in total. The number of ether oxygens (including phenoxy) is 2. The molecule has 0 radical (unpaired) electrons. The fourth-order valence-electron chi connectivity index (χ4n) is 2.69. The average molecular weight is 500 g/mol. The smallest absolute Gasteiger partial charge is 0.343 e. The molecule has 138 valence electrons. The summed E-state index contributed by atoms with van der Waals surface area (Å²) in [5, 5.41) is 0. The summed E-state index contributed by atoms with van der Waals surface area (Å²) >= 11 is 6.70. The topological polar surface area (TPSA) is 52.6 Å². The highest BCUT2D eigenvalue weighted by atomic mass is 79.9. The number of benzene rings is 3. The molecule has 0 spiro atoms. The zero-order valence-electron chi connectivity index (χ0n) is 14.3. The molecular formula is C22H12Br2O4. The van der Waals surface area contributed by atoms with Gasteiger partial charge < -0.3 is 9.47 Å². The van der Waals surface area contributed by atoms with Gasteiger partial charge in [0.2, 0.25) is 5.78 Å². The molecule has 0 saturated heterocycles. The molecule has 1 heterocycles. The third-order valence-electron chi connectivity index (χ3n) is 4.10. The molecule has 0 saturated carbocycles. The molecule has 0 N–H and O–H groups in total. The number of hydrogen-bond acceptors (Lipinski definition) is 4. The van der Waals surface area contributed by atoms with E-state index in [1.165, 1.54) is 0 Å². The van der Waals surface area contributed by atoms with Crippen LogP contribution < -0.4 is 9.47 Å². The largest absolute Gasteiger partial charge is 0.452 e. The van der Waals surface area contributed by atoms with Gasteiger partial charge in [0.15, 0.2) is 5.76 Å². The molecule has 0 aromatic heterocycles. The lowest BCUT2D eigenvalue weighted by molar-refractivity contribution is 0.0734. The number of halogens is 2. The molecule has 0 fully saturated rings.